The third-order valence-corrected chi connectivity index (χ3v) is 6.15. The molecule has 2 amide bonds. The van der Waals surface area contributed by atoms with Crippen LogP contribution in [0.1, 0.15) is 53.6 Å². The van der Waals surface area contributed by atoms with Gasteiger partial charge >= 0.3 is 0 Å². The number of ether oxygens (including phenoxy) is 2. The highest BCUT2D eigenvalue weighted by Gasteiger charge is 2.28. The van der Waals surface area contributed by atoms with Crippen LogP contribution in [-0.2, 0) is 4.79 Å². The van der Waals surface area contributed by atoms with Gasteiger partial charge in [-0.2, -0.15) is 0 Å². The van der Waals surface area contributed by atoms with Crippen molar-refractivity contribution in [3.05, 3.63) is 58.2 Å². The fourth-order valence-electron chi connectivity index (χ4n) is 3.92. The molecule has 0 aliphatic heterocycles. The number of nitrogens with zero attached hydrogens (tertiary/aromatic N) is 1. The van der Waals surface area contributed by atoms with Gasteiger partial charge in [0.2, 0.25) is 5.91 Å². The molecule has 1 aliphatic carbocycles. The predicted octanol–water partition coefficient (Wildman–Crippen LogP) is 4.87. The summed E-state index contributed by atoms with van der Waals surface area (Å²) in [6, 6.07) is 8.86. The van der Waals surface area contributed by atoms with Gasteiger partial charge in [0.1, 0.15) is 17.2 Å². The molecule has 172 valence electrons. The van der Waals surface area contributed by atoms with Crippen molar-refractivity contribution >= 4 is 34.3 Å². The molecular weight excluding hydrogens is 442 g/mol. The smallest absolute Gasteiger partial charge is 0.252 e. The number of carbonyl (C=O) groups is 2. The lowest BCUT2D eigenvalue weighted by molar-refractivity contribution is -0.122. The Morgan fingerprint density at radius 3 is 2.61 bits per heavy atom. The molecule has 33 heavy (non-hydrogen) atoms. The molecule has 7 nitrogen and oxygen atoms in total. The maximum Gasteiger partial charge on any atom is 0.252 e. The van der Waals surface area contributed by atoms with E-state index < -0.39 is 5.91 Å². The predicted molar refractivity (Wildman–Crippen MR) is 127 cm³/mol. The zero-order valence-corrected chi connectivity index (χ0v) is 19.5. The minimum absolute atomic E-state index is 0.0286. The second kappa shape index (κ2) is 9.27. The molecule has 1 atom stereocenters. The van der Waals surface area contributed by atoms with E-state index in [0.29, 0.717) is 45.6 Å². The SMILES string of the molecule is CCC(C(=O)NC1CC1)c1cc(Cl)c(Oc2ccnc3cc(OC)c(C(N)=O)cc23)cc1C. The number of nitrogens with two attached hydrogens (primary N) is 1. The average Bonchev–Trinajstić information content (AvgIpc) is 3.60. The third kappa shape index (κ3) is 4.73. The second-order valence-corrected chi connectivity index (χ2v) is 8.64. The van der Waals surface area contributed by atoms with Gasteiger partial charge < -0.3 is 20.5 Å². The topological polar surface area (TPSA) is 104 Å². The maximum absolute atomic E-state index is 12.7. The average molecular weight is 468 g/mol. The zero-order chi connectivity index (χ0) is 23.7. The fourth-order valence-corrected chi connectivity index (χ4v) is 4.13. The summed E-state index contributed by atoms with van der Waals surface area (Å²) in [5, 5.41) is 4.07. The van der Waals surface area contributed by atoms with Gasteiger partial charge in [0.15, 0.2) is 0 Å². The van der Waals surface area contributed by atoms with Crippen molar-refractivity contribution in [2.24, 2.45) is 5.73 Å². The Hall–Kier alpha value is -3.32. The molecule has 0 bridgehead atoms. The number of amides is 2. The lowest BCUT2D eigenvalue weighted by Gasteiger charge is -2.19. The van der Waals surface area contributed by atoms with Crippen molar-refractivity contribution in [3.63, 3.8) is 0 Å². The number of nitrogens with one attached hydrogen (secondary N) is 1. The van der Waals surface area contributed by atoms with E-state index in [4.69, 9.17) is 26.8 Å². The van der Waals surface area contributed by atoms with Crippen LogP contribution in [0.15, 0.2) is 36.5 Å². The first-order chi connectivity index (χ1) is 15.8. The Labute approximate surface area is 197 Å². The van der Waals surface area contributed by atoms with E-state index in [9.17, 15) is 9.59 Å². The molecule has 1 aliphatic rings. The Morgan fingerprint density at radius 2 is 1.97 bits per heavy atom. The number of aryl methyl sites for hydroxylation is 1. The van der Waals surface area contributed by atoms with Gasteiger partial charge in [-0.15, -0.1) is 0 Å². The minimum Gasteiger partial charge on any atom is -0.496 e. The number of hydrogen-bond donors (Lipinski definition) is 2. The molecule has 3 N–H and O–H groups in total. The highest BCUT2D eigenvalue weighted by atomic mass is 35.5. The van der Waals surface area contributed by atoms with E-state index >= 15 is 0 Å². The maximum atomic E-state index is 12.7. The molecule has 0 radical (unpaired) electrons. The van der Waals surface area contributed by atoms with Crippen LogP contribution in [0.2, 0.25) is 5.02 Å². The fraction of sp³-hybridized carbons (Fsp3) is 0.320. The number of rotatable bonds is 8. The number of primary amides is 1. The van der Waals surface area contributed by atoms with Crippen LogP contribution in [0.3, 0.4) is 0 Å². The summed E-state index contributed by atoms with van der Waals surface area (Å²) in [5.41, 5.74) is 8.11. The standard InChI is InChI=1S/C25H26ClN3O4/c1-4-15(25(31)29-14-5-6-14)16-11-19(26)23(9-13(16)2)33-21-7-8-28-20-12-22(32-3)18(24(27)30)10-17(20)21/h7-12,14-15H,4-6H2,1-3H3,(H2,27,30)(H,29,31). The number of benzene rings is 2. The van der Waals surface area contributed by atoms with Crippen LogP contribution >= 0.6 is 11.6 Å². The number of hydrogen-bond acceptors (Lipinski definition) is 5. The Kier molecular flexibility index (Phi) is 6.42. The summed E-state index contributed by atoms with van der Waals surface area (Å²) in [5.74, 6) is 0.396. The van der Waals surface area contributed by atoms with Crippen LogP contribution < -0.4 is 20.5 Å². The Morgan fingerprint density at radius 1 is 1.21 bits per heavy atom. The van der Waals surface area contributed by atoms with Crippen LogP contribution in [-0.4, -0.2) is 29.9 Å². The summed E-state index contributed by atoms with van der Waals surface area (Å²) in [6.07, 6.45) is 4.35. The molecule has 4 rings (SSSR count). The largest absolute Gasteiger partial charge is 0.496 e. The van der Waals surface area contributed by atoms with Crippen molar-refractivity contribution < 1.29 is 19.1 Å². The third-order valence-electron chi connectivity index (χ3n) is 5.85. The summed E-state index contributed by atoms with van der Waals surface area (Å²) in [6.45, 7) is 3.93. The van der Waals surface area contributed by atoms with Gasteiger partial charge in [-0.1, -0.05) is 18.5 Å². The van der Waals surface area contributed by atoms with E-state index in [1.807, 2.05) is 19.9 Å². The first-order valence-corrected chi connectivity index (χ1v) is 11.2. The molecule has 1 unspecified atom stereocenters. The molecule has 1 heterocycles. The minimum atomic E-state index is -0.614. The zero-order valence-electron chi connectivity index (χ0n) is 18.8. The van der Waals surface area contributed by atoms with Crippen LogP contribution in [0.25, 0.3) is 10.9 Å². The van der Waals surface area contributed by atoms with Crippen LogP contribution in [0.5, 0.6) is 17.2 Å². The molecule has 8 heteroatoms. The number of aromatic nitrogens is 1. The normalized spacial score (nSPS) is 14.1. The van der Waals surface area contributed by atoms with Gasteiger partial charge in [0.05, 0.1) is 29.1 Å². The van der Waals surface area contributed by atoms with E-state index in [2.05, 4.69) is 10.3 Å². The molecule has 0 saturated heterocycles. The van der Waals surface area contributed by atoms with E-state index in [1.165, 1.54) is 7.11 Å². The van der Waals surface area contributed by atoms with Crippen molar-refractivity contribution in [1.29, 1.82) is 0 Å². The first-order valence-electron chi connectivity index (χ1n) is 10.9. The number of fused-ring (bicyclic) bond motifs is 1. The van der Waals surface area contributed by atoms with Gasteiger partial charge in [-0.25, -0.2) is 0 Å². The van der Waals surface area contributed by atoms with Crippen molar-refractivity contribution in [3.8, 4) is 17.2 Å². The first kappa shape index (κ1) is 22.9. The molecule has 1 fully saturated rings. The quantitative estimate of drug-likeness (QED) is 0.492. The highest BCUT2D eigenvalue weighted by molar-refractivity contribution is 6.32. The van der Waals surface area contributed by atoms with Gasteiger partial charge in [-0.05, 0) is 61.6 Å². The molecule has 1 saturated carbocycles. The Balaban J connectivity index is 1.69. The molecule has 2 aromatic carbocycles. The van der Waals surface area contributed by atoms with Crippen molar-refractivity contribution in [1.82, 2.24) is 10.3 Å². The second-order valence-electron chi connectivity index (χ2n) is 8.23. The van der Waals surface area contributed by atoms with Crippen LogP contribution in [0, 0.1) is 6.92 Å². The molecular formula is C25H26ClN3O4. The van der Waals surface area contributed by atoms with E-state index in [1.54, 1.807) is 30.5 Å². The number of halogens is 1. The van der Waals surface area contributed by atoms with Crippen molar-refractivity contribution in [2.75, 3.05) is 7.11 Å². The molecule has 3 aromatic rings. The van der Waals surface area contributed by atoms with Gasteiger partial charge in [-0.3, -0.25) is 14.6 Å². The number of methoxy groups -OCH3 is 1. The number of pyridine rings is 1. The van der Waals surface area contributed by atoms with Gasteiger partial charge in [0.25, 0.3) is 5.91 Å². The summed E-state index contributed by atoms with van der Waals surface area (Å²) >= 11 is 6.59. The summed E-state index contributed by atoms with van der Waals surface area (Å²) in [7, 11) is 1.46. The summed E-state index contributed by atoms with van der Waals surface area (Å²) in [4.78, 5) is 28.9. The van der Waals surface area contributed by atoms with Gasteiger partial charge in [0, 0.05) is 23.7 Å². The summed E-state index contributed by atoms with van der Waals surface area (Å²) < 4.78 is 11.4. The number of carbonyl (C=O) groups excluding carboxylic acids is 2. The molecule has 1 aromatic heterocycles. The lowest BCUT2D eigenvalue weighted by Crippen LogP contribution is -2.31. The van der Waals surface area contributed by atoms with E-state index in [0.717, 1.165) is 24.0 Å². The Bertz CT molecular complexity index is 1240. The monoisotopic (exact) mass is 467 g/mol. The van der Waals surface area contributed by atoms with Crippen LogP contribution in [0.4, 0.5) is 0 Å². The lowest BCUT2D eigenvalue weighted by atomic mass is 9.91. The van der Waals surface area contributed by atoms with Crippen molar-refractivity contribution in [2.45, 2.75) is 45.1 Å². The molecule has 0 spiro atoms. The highest BCUT2D eigenvalue weighted by Crippen LogP contribution is 2.38. The van der Waals surface area contributed by atoms with E-state index in [-0.39, 0.29) is 17.4 Å².